The maximum atomic E-state index is 8.94. The minimum atomic E-state index is 0.0320. The number of hydrogen-bond donors (Lipinski definition) is 2. The molecule has 0 radical (unpaired) electrons. The van der Waals surface area contributed by atoms with Gasteiger partial charge in [0, 0.05) is 11.6 Å². The fraction of sp³-hybridized carbons (Fsp3) is 0.333. The second-order valence-corrected chi connectivity index (χ2v) is 4.07. The lowest BCUT2D eigenvalue weighted by molar-refractivity contribution is 0.282. The number of nitrogens with one attached hydrogen (secondary N) is 1. The number of anilines is 1. The van der Waals surface area contributed by atoms with Crippen molar-refractivity contribution >= 4 is 6.01 Å². The highest BCUT2D eigenvalue weighted by molar-refractivity contribution is 5.53. The zero-order valence-electron chi connectivity index (χ0n) is 9.84. The molecule has 0 aliphatic carbocycles. The first-order chi connectivity index (χ1) is 8.19. The lowest BCUT2D eigenvalue weighted by atomic mass is 10.1. The zero-order valence-corrected chi connectivity index (χ0v) is 9.84. The average Bonchev–Trinajstić information content (AvgIpc) is 2.77. The lowest BCUT2D eigenvalue weighted by Crippen LogP contribution is -2.09. The monoisotopic (exact) mass is 233 g/mol. The van der Waals surface area contributed by atoms with E-state index in [0.717, 1.165) is 11.1 Å². The highest BCUT2D eigenvalue weighted by Crippen LogP contribution is 2.20. The van der Waals surface area contributed by atoms with Crippen LogP contribution in [0.4, 0.5) is 6.01 Å². The van der Waals surface area contributed by atoms with Gasteiger partial charge in [-0.1, -0.05) is 17.2 Å². The molecule has 0 saturated heterocycles. The standard InChI is InChI=1S/C12H15N3O2/c1-8(2)13-12-15-14-11(17-12)10-5-3-9(7-16)4-6-10/h3-6,8,16H,7H2,1-2H3,(H,13,15). The van der Waals surface area contributed by atoms with E-state index >= 15 is 0 Å². The van der Waals surface area contributed by atoms with E-state index < -0.39 is 0 Å². The molecule has 0 saturated carbocycles. The van der Waals surface area contributed by atoms with E-state index in [9.17, 15) is 0 Å². The Bertz CT molecular complexity index is 477. The SMILES string of the molecule is CC(C)Nc1nnc(-c2ccc(CO)cc2)o1. The first-order valence-electron chi connectivity index (χ1n) is 5.49. The number of benzene rings is 1. The van der Waals surface area contributed by atoms with Crippen molar-refractivity contribution in [1.82, 2.24) is 10.2 Å². The Kier molecular flexibility index (Phi) is 3.39. The molecule has 0 amide bonds. The Morgan fingerprint density at radius 1 is 1.24 bits per heavy atom. The number of aliphatic hydroxyl groups excluding tert-OH is 1. The minimum absolute atomic E-state index is 0.0320. The first-order valence-corrected chi connectivity index (χ1v) is 5.49. The van der Waals surface area contributed by atoms with Gasteiger partial charge in [0.05, 0.1) is 6.61 Å². The van der Waals surface area contributed by atoms with Gasteiger partial charge in [-0.25, -0.2) is 0 Å². The van der Waals surface area contributed by atoms with Crippen molar-refractivity contribution in [1.29, 1.82) is 0 Å². The molecule has 17 heavy (non-hydrogen) atoms. The molecule has 90 valence electrons. The van der Waals surface area contributed by atoms with Crippen LogP contribution in [0, 0.1) is 0 Å². The summed E-state index contributed by atoms with van der Waals surface area (Å²) in [4.78, 5) is 0. The van der Waals surface area contributed by atoms with Crippen LogP contribution in [0.3, 0.4) is 0 Å². The van der Waals surface area contributed by atoms with Gasteiger partial charge in [0.25, 0.3) is 0 Å². The topological polar surface area (TPSA) is 71.2 Å². The summed E-state index contributed by atoms with van der Waals surface area (Å²) in [5.74, 6) is 0.470. The molecule has 0 atom stereocenters. The zero-order chi connectivity index (χ0) is 12.3. The molecule has 0 aliphatic heterocycles. The van der Waals surface area contributed by atoms with E-state index in [2.05, 4.69) is 15.5 Å². The number of rotatable bonds is 4. The van der Waals surface area contributed by atoms with Crippen LogP contribution in [-0.4, -0.2) is 21.3 Å². The third-order valence-electron chi connectivity index (χ3n) is 2.22. The van der Waals surface area contributed by atoms with Crippen LogP contribution in [0.15, 0.2) is 28.7 Å². The van der Waals surface area contributed by atoms with Crippen LogP contribution < -0.4 is 5.32 Å². The van der Waals surface area contributed by atoms with Gasteiger partial charge in [-0.3, -0.25) is 0 Å². The van der Waals surface area contributed by atoms with Crippen molar-refractivity contribution in [2.45, 2.75) is 26.5 Å². The van der Waals surface area contributed by atoms with E-state index in [-0.39, 0.29) is 12.6 Å². The average molecular weight is 233 g/mol. The van der Waals surface area contributed by atoms with E-state index in [1.807, 2.05) is 38.1 Å². The highest BCUT2D eigenvalue weighted by atomic mass is 16.4. The molecule has 1 aromatic carbocycles. The van der Waals surface area contributed by atoms with E-state index in [0.29, 0.717) is 11.9 Å². The van der Waals surface area contributed by atoms with E-state index in [1.165, 1.54) is 0 Å². The lowest BCUT2D eigenvalue weighted by Gasteiger charge is -2.02. The predicted molar refractivity (Wildman–Crippen MR) is 64.4 cm³/mol. The van der Waals surface area contributed by atoms with Crippen LogP contribution in [0.1, 0.15) is 19.4 Å². The minimum Gasteiger partial charge on any atom is -0.403 e. The van der Waals surface area contributed by atoms with Crippen LogP contribution in [-0.2, 0) is 6.61 Å². The van der Waals surface area contributed by atoms with E-state index in [1.54, 1.807) is 0 Å². The van der Waals surface area contributed by atoms with Gasteiger partial charge < -0.3 is 14.8 Å². The number of aromatic nitrogens is 2. The molecular weight excluding hydrogens is 218 g/mol. The predicted octanol–water partition coefficient (Wildman–Crippen LogP) is 2.05. The second-order valence-electron chi connectivity index (χ2n) is 4.07. The molecule has 5 heteroatoms. The maximum Gasteiger partial charge on any atom is 0.315 e. The molecule has 2 rings (SSSR count). The third-order valence-corrected chi connectivity index (χ3v) is 2.22. The Morgan fingerprint density at radius 3 is 2.53 bits per heavy atom. The summed E-state index contributed by atoms with van der Waals surface area (Å²) < 4.78 is 5.46. The highest BCUT2D eigenvalue weighted by Gasteiger charge is 2.08. The molecule has 0 fully saturated rings. The molecule has 0 spiro atoms. The Morgan fingerprint density at radius 2 is 1.94 bits per heavy atom. The number of aliphatic hydroxyl groups is 1. The normalized spacial score (nSPS) is 10.8. The fourth-order valence-electron chi connectivity index (χ4n) is 1.40. The van der Waals surface area contributed by atoms with Gasteiger partial charge >= 0.3 is 6.01 Å². The van der Waals surface area contributed by atoms with Crippen molar-refractivity contribution < 1.29 is 9.52 Å². The van der Waals surface area contributed by atoms with Crippen molar-refractivity contribution in [3.8, 4) is 11.5 Å². The molecule has 0 aliphatic rings. The Hall–Kier alpha value is -1.88. The van der Waals surface area contributed by atoms with Crippen molar-refractivity contribution in [2.24, 2.45) is 0 Å². The summed E-state index contributed by atoms with van der Waals surface area (Å²) in [5.41, 5.74) is 1.69. The summed E-state index contributed by atoms with van der Waals surface area (Å²) >= 11 is 0. The van der Waals surface area contributed by atoms with Crippen LogP contribution in [0.5, 0.6) is 0 Å². The van der Waals surface area contributed by atoms with Crippen LogP contribution in [0.2, 0.25) is 0 Å². The molecule has 0 bridgehead atoms. The van der Waals surface area contributed by atoms with Crippen molar-refractivity contribution in [3.63, 3.8) is 0 Å². The van der Waals surface area contributed by atoms with E-state index in [4.69, 9.17) is 9.52 Å². The first kappa shape index (κ1) is 11.6. The van der Waals surface area contributed by atoms with Gasteiger partial charge in [0.15, 0.2) is 0 Å². The van der Waals surface area contributed by atoms with Crippen LogP contribution in [0.25, 0.3) is 11.5 Å². The quantitative estimate of drug-likeness (QED) is 0.845. The van der Waals surface area contributed by atoms with Gasteiger partial charge in [0.1, 0.15) is 0 Å². The summed E-state index contributed by atoms with van der Waals surface area (Å²) in [6, 6.07) is 8.02. The number of nitrogens with zero attached hydrogens (tertiary/aromatic N) is 2. The van der Waals surface area contributed by atoms with Gasteiger partial charge in [-0.05, 0) is 31.5 Å². The fourth-order valence-corrected chi connectivity index (χ4v) is 1.40. The summed E-state index contributed by atoms with van der Waals surface area (Å²) in [6.45, 7) is 4.03. The molecular formula is C12H15N3O2. The molecule has 1 heterocycles. The molecule has 2 N–H and O–H groups in total. The summed E-state index contributed by atoms with van der Waals surface area (Å²) in [6.07, 6.45) is 0. The van der Waals surface area contributed by atoms with Gasteiger partial charge in [-0.15, -0.1) is 5.10 Å². The largest absolute Gasteiger partial charge is 0.403 e. The molecule has 1 aromatic heterocycles. The van der Waals surface area contributed by atoms with Crippen molar-refractivity contribution in [2.75, 3.05) is 5.32 Å². The Labute approximate surface area is 99.5 Å². The molecule has 0 unspecified atom stereocenters. The molecule has 2 aromatic rings. The second kappa shape index (κ2) is 4.97. The molecule has 5 nitrogen and oxygen atoms in total. The maximum absolute atomic E-state index is 8.94. The Balaban J connectivity index is 2.18. The van der Waals surface area contributed by atoms with Crippen LogP contribution >= 0.6 is 0 Å². The summed E-state index contributed by atoms with van der Waals surface area (Å²) in [7, 11) is 0. The van der Waals surface area contributed by atoms with Gasteiger partial charge in [-0.2, -0.15) is 0 Å². The summed E-state index contributed by atoms with van der Waals surface area (Å²) in [5, 5.41) is 19.8. The van der Waals surface area contributed by atoms with Crippen molar-refractivity contribution in [3.05, 3.63) is 29.8 Å². The number of hydrogen-bond acceptors (Lipinski definition) is 5. The third kappa shape index (κ3) is 2.82. The van der Waals surface area contributed by atoms with Gasteiger partial charge in [0.2, 0.25) is 5.89 Å². The smallest absolute Gasteiger partial charge is 0.315 e.